The molecule has 0 aromatic heterocycles. The number of nitrogens with two attached hydrogens (primary N) is 1. The van der Waals surface area contributed by atoms with Crippen LogP contribution < -0.4 is 11.3 Å². The molecule has 1 aromatic carbocycles. The molecule has 1 aliphatic carbocycles. The summed E-state index contributed by atoms with van der Waals surface area (Å²) in [5.41, 5.74) is 5.66. The number of benzene rings is 1. The highest BCUT2D eigenvalue weighted by atomic mass is 32.2. The molecule has 1 saturated carbocycles. The summed E-state index contributed by atoms with van der Waals surface area (Å²) in [7, 11) is 0. The largest absolute Gasteiger partial charge is 0.271 e. The van der Waals surface area contributed by atoms with Gasteiger partial charge in [-0.1, -0.05) is 30.7 Å². The minimum absolute atomic E-state index is 0.269. The lowest BCUT2D eigenvalue weighted by atomic mass is 9.80. The highest BCUT2D eigenvalue weighted by Crippen LogP contribution is 2.36. The van der Waals surface area contributed by atoms with Crippen molar-refractivity contribution in [1.29, 1.82) is 0 Å². The van der Waals surface area contributed by atoms with E-state index in [0.29, 0.717) is 0 Å². The Kier molecular flexibility index (Phi) is 4.27. The molecule has 0 saturated heterocycles. The third kappa shape index (κ3) is 2.59. The third-order valence-electron chi connectivity index (χ3n) is 3.45. The van der Waals surface area contributed by atoms with E-state index in [1.165, 1.54) is 30.4 Å². The van der Waals surface area contributed by atoms with E-state index in [9.17, 15) is 0 Å². The van der Waals surface area contributed by atoms with Gasteiger partial charge in [0.25, 0.3) is 0 Å². The zero-order valence-electron chi connectivity index (χ0n) is 9.78. The molecule has 1 atom stereocenters. The molecule has 0 heterocycles. The average molecular weight is 236 g/mol. The van der Waals surface area contributed by atoms with E-state index in [4.69, 9.17) is 5.84 Å². The molecule has 3 heteroatoms. The highest BCUT2D eigenvalue weighted by molar-refractivity contribution is 7.98. The molecule has 0 radical (unpaired) electrons. The maximum atomic E-state index is 5.56. The maximum absolute atomic E-state index is 5.56. The molecular formula is C13H20N2S. The maximum Gasteiger partial charge on any atom is 0.0550 e. The van der Waals surface area contributed by atoms with E-state index in [0.717, 1.165) is 11.7 Å². The Morgan fingerprint density at radius 1 is 1.38 bits per heavy atom. The van der Waals surface area contributed by atoms with Crippen LogP contribution in [0.5, 0.6) is 0 Å². The summed E-state index contributed by atoms with van der Waals surface area (Å²) >= 11 is 1.81. The predicted molar refractivity (Wildman–Crippen MR) is 71.5 cm³/mol. The standard InChI is InChI=1S/C13H20N2S/c1-16-9-13(15-14)12-7-5-11(6-8-12)10-3-2-4-10/h5-8,10,13,15H,2-4,9,14H2,1H3. The summed E-state index contributed by atoms with van der Waals surface area (Å²) in [5.74, 6) is 7.39. The highest BCUT2D eigenvalue weighted by Gasteiger charge is 2.19. The van der Waals surface area contributed by atoms with Crippen LogP contribution in [-0.4, -0.2) is 12.0 Å². The number of hydrazine groups is 1. The van der Waals surface area contributed by atoms with Crippen molar-refractivity contribution in [1.82, 2.24) is 5.43 Å². The van der Waals surface area contributed by atoms with Crippen LogP contribution in [0.2, 0.25) is 0 Å². The van der Waals surface area contributed by atoms with Gasteiger partial charge in [-0.25, -0.2) is 0 Å². The minimum atomic E-state index is 0.269. The zero-order chi connectivity index (χ0) is 11.4. The Balaban J connectivity index is 2.04. The quantitative estimate of drug-likeness (QED) is 0.610. The summed E-state index contributed by atoms with van der Waals surface area (Å²) < 4.78 is 0. The Labute approximate surface area is 102 Å². The summed E-state index contributed by atoms with van der Waals surface area (Å²) in [5, 5.41) is 0. The van der Waals surface area contributed by atoms with E-state index in [1.54, 1.807) is 0 Å². The number of hydrogen-bond donors (Lipinski definition) is 2. The molecule has 1 fully saturated rings. The van der Waals surface area contributed by atoms with Crippen LogP contribution in [0.15, 0.2) is 24.3 Å². The second kappa shape index (κ2) is 5.71. The van der Waals surface area contributed by atoms with E-state index in [1.807, 2.05) is 11.8 Å². The fourth-order valence-electron chi connectivity index (χ4n) is 2.15. The summed E-state index contributed by atoms with van der Waals surface area (Å²) in [6, 6.07) is 9.24. The van der Waals surface area contributed by atoms with Gasteiger partial charge in [0.1, 0.15) is 0 Å². The van der Waals surface area contributed by atoms with Crippen LogP contribution in [0.3, 0.4) is 0 Å². The molecule has 1 unspecified atom stereocenters. The van der Waals surface area contributed by atoms with Crippen molar-refractivity contribution in [3.8, 4) is 0 Å². The predicted octanol–water partition coefficient (Wildman–Crippen LogP) is 2.82. The molecule has 16 heavy (non-hydrogen) atoms. The Morgan fingerprint density at radius 3 is 2.50 bits per heavy atom. The van der Waals surface area contributed by atoms with Crippen molar-refractivity contribution in [3.05, 3.63) is 35.4 Å². The Hall–Kier alpha value is -0.510. The minimum Gasteiger partial charge on any atom is -0.271 e. The molecule has 1 aliphatic rings. The fourth-order valence-corrected chi connectivity index (χ4v) is 2.77. The third-order valence-corrected chi connectivity index (χ3v) is 4.12. The number of rotatable bonds is 5. The first kappa shape index (κ1) is 12.0. The second-order valence-electron chi connectivity index (χ2n) is 4.47. The van der Waals surface area contributed by atoms with Gasteiger partial charge >= 0.3 is 0 Å². The van der Waals surface area contributed by atoms with Crippen molar-refractivity contribution in [2.75, 3.05) is 12.0 Å². The normalized spacial score (nSPS) is 18.1. The Morgan fingerprint density at radius 2 is 2.06 bits per heavy atom. The van der Waals surface area contributed by atoms with Crippen molar-refractivity contribution in [2.24, 2.45) is 5.84 Å². The van der Waals surface area contributed by atoms with Gasteiger partial charge < -0.3 is 0 Å². The van der Waals surface area contributed by atoms with Crippen molar-refractivity contribution >= 4 is 11.8 Å². The monoisotopic (exact) mass is 236 g/mol. The molecule has 1 aromatic rings. The van der Waals surface area contributed by atoms with Gasteiger partial charge in [0.15, 0.2) is 0 Å². The lowest BCUT2D eigenvalue weighted by molar-refractivity contribution is 0.419. The van der Waals surface area contributed by atoms with Gasteiger partial charge in [-0.05, 0) is 36.1 Å². The first-order valence-corrected chi connectivity index (χ1v) is 7.29. The number of nitrogens with one attached hydrogen (secondary N) is 1. The van der Waals surface area contributed by atoms with E-state index in [-0.39, 0.29) is 6.04 Å². The van der Waals surface area contributed by atoms with Crippen LogP contribution in [0.4, 0.5) is 0 Å². The zero-order valence-corrected chi connectivity index (χ0v) is 10.6. The van der Waals surface area contributed by atoms with Gasteiger partial charge in [-0.3, -0.25) is 11.3 Å². The van der Waals surface area contributed by atoms with Crippen LogP contribution in [-0.2, 0) is 0 Å². The second-order valence-corrected chi connectivity index (χ2v) is 5.38. The molecule has 0 aliphatic heterocycles. The molecule has 0 bridgehead atoms. The lowest BCUT2D eigenvalue weighted by Gasteiger charge is -2.26. The fraction of sp³-hybridized carbons (Fsp3) is 0.538. The van der Waals surface area contributed by atoms with Gasteiger partial charge in [-0.15, -0.1) is 0 Å². The molecule has 2 nitrogen and oxygen atoms in total. The topological polar surface area (TPSA) is 38.0 Å². The summed E-state index contributed by atoms with van der Waals surface area (Å²) in [4.78, 5) is 0. The first-order valence-electron chi connectivity index (χ1n) is 5.90. The van der Waals surface area contributed by atoms with Gasteiger partial charge in [0.2, 0.25) is 0 Å². The lowest BCUT2D eigenvalue weighted by Crippen LogP contribution is -2.29. The van der Waals surface area contributed by atoms with Crippen molar-refractivity contribution in [3.63, 3.8) is 0 Å². The summed E-state index contributed by atoms with van der Waals surface area (Å²) in [6.07, 6.45) is 6.23. The molecule has 0 spiro atoms. The van der Waals surface area contributed by atoms with Crippen LogP contribution in [0, 0.1) is 0 Å². The van der Waals surface area contributed by atoms with E-state index < -0.39 is 0 Å². The Bertz CT molecular complexity index is 319. The van der Waals surface area contributed by atoms with Crippen molar-refractivity contribution in [2.45, 2.75) is 31.2 Å². The van der Waals surface area contributed by atoms with Crippen LogP contribution in [0.1, 0.15) is 42.3 Å². The molecule has 88 valence electrons. The smallest absolute Gasteiger partial charge is 0.0550 e. The molecule has 3 N–H and O–H groups in total. The molecule has 2 rings (SSSR count). The summed E-state index contributed by atoms with van der Waals surface area (Å²) in [6.45, 7) is 0. The van der Waals surface area contributed by atoms with Gasteiger partial charge in [0, 0.05) is 5.75 Å². The van der Waals surface area contributed by atoms with E-state index >= 15 is 0 Å². The van der Waals surface area contributed by atoms with Crippen LogP contribution >= 0.6 is 11.8 Å². The number of thioether (sulfide) groups is 1. The first-order chi connectivity index (χ1) is 7.85. The van der Waals surface area contributed by atoms with Gasteiger partial charge in [-0.2, -0.15) is 11.8 Å². The van der Waals surface area contributed by atoms with Crippen LogP contribution in [0.25, 0.3) is 0 Å². The molecule has 0 amide bonds. The molecular weight excluding hydrogens is 216 g/mol. The van der Waals surface area contributed by atoms with Crippen molar-refractivity contribution < 1.29 is 0 Å². The SMILES string of the molecule is CSCC(NN)c1ccc(C2CCC2)cc1. The number of hydrogen-bond acceptors (Lipinski definition) is 3. The van der Waals surface area contributed by atoms with Gasteiger partial charge in [0.05, 0.1) is 6.04 Å². The average Bonchev–Trinajstić information content (AvgIpc) is 2.25. The van der Waals surface area contributed by atoms with E-state index in [2.05, 4.69) is 35.9 Å².